The fourth-order valence-electron chi connectivity index (χ4n) is 4.36. The average molecular weight is 458 g/mol. The lowest BCUT2D eigenvalue weighted by atomic mass is 10.2. The summed E-state index contributed by atoms with van der Waals surface area (Å²) in [5.41, 5.74) is 0.573. The SMILES string of the molecule is COc1ccc(Cn2c(=O)n3ncnc3c3cc(CN4C[C@@H](C)O[C@@H](C)C4)sc32)c(F)c1. The van der Waals surface area contributed by atoms with Crippen LogP contribution in [0.5, 0.6) is 5.75 Å². The molecule has 1 aromatic carbocycles. The third-order valence-electron chi connectivity index (χ3n) is 5.67. The van der Waals surface area contributed by atoms with E-state index in [-0.39, 0.29) is 24.4 Å². The number of morpholine rings is 1. The molecule has 0 amide bonds. The van der Waals surface area contributed by atoms with Crippen LogP contribution in [0.4, 0.5) is 4.39 Å². The lowest BCUT2D eigenvalue weighted by Gasteiger charge is -2.34. The molecular formula is C22H24FN5O3S. The second kappa shape index (κ2) is 8.27. The number of thiophene rings is 1. The molecule has 4 heterocycles. The minimum Gasteiger partial charge on any atom is -0.497 e. The lowest BCUT2D eigenvalue weighted by molar-refractivity contribution is -0.0702. The van der Waals surface area contributed by atoms with Gasteiger partial charge in [-0.3, -0.25) is 9.47 Å². The number of nitrogens with zero attached hydrogens (tertiary/aromatic N) is 5. The van der Waals surface area contributed by atoms with Gasteiger partial charge in [0.25, 0.3) is 0 Å². The van der Waals surface area contributed by atoms with Crippen molar-refractivity contribution in [1.82, 2.24) is 24.1 Å². The highest BCUT2D eigenvalue weighted by molar-refractivity contribution is 7.18. The topological polar surface area (TPSA) is 73.9 Å². The highest BCUT2D eigenvalue weighted by atomic mass is 32.1. The molecule has 4 aromatic rings. The predicted octanol–water partition coefficient (Wildman–Crippen LogP) is 2.91. The van der Waals surface area contributed by atoms with Gasteiger partial charge in [-0.2, -0.15) is 9.61 Å². The summed E-state index contributed by atoms with van der Waals surface area (Å²) in [5, 5.41) is 4.94. The van der Waals surface area contributed by atoms with E-state index in [1.807, 2.05) is 0 Å². The van der Waals surface area contributed by atoms with Crippen molar-refractivity contribution in [3.05, 3.63) is 57.3 Å². The molecule has 0 aliphatic carbocycles. The number of aromatic nitrogens is 4. The number of rotatable bonds is 5. The lowest BCUT2D eigenvalue weighted by Crippen LogP contribution is -2.44. The summed E-state index contributed by atoms with van der Waals surface area (Å²) in [4.78, 5) is 21.7. The molecule has 0 saturated carbocycles. The molecule has 0 spiro atoms. The monoisotopic (exact) mass is 457 g/mol. The summed E-state index contributed by atoms with van der Waals surface area (Å²) >= 11 is 1.54. The normalized spacial score (nSPS) is 19.8. The van der Waals surface area contributed by atoms with Crippen LogP contribution < -0.4 is 10.4 Å². The van der Waals surface area contributed by atoms with E-state index < -0.39 is 5.82 Å². The summed E-state index contributed by atoms with van der Waals surface area (Å²) in [6.45, 7) is 6.70. The Morgan fingerprint density at radius 3 is 2.72 bits per heavy atom. The van der Waals surface area contributed by atoms with Gasteiger partial charge in [0.05, 0.1) is 31.2 Å². The summed E-state index contributed by atoms with van der Waals surface area (Å²) in [7, 11) is 1.49. The van der Waals surface area contributed by atoms with Crippen molar-refractivity contribution in [1.29, 1.82) is 0 Å². The molecule has 168 valence electrons. The molecular weight excluding hydrogens is 433 g/mol. The van der Waals surface area contributed by atoms with Crippen molar-refractivity contribution < 1.29 is 13.9 Å². The fourth-order valence-corrected chi connectivity index (χ4v) is 5.55. The molecule has 0 bridgehead atoms. The third-order valence-corrected chi connectivity index (χ3v) is 6.82. The molecule has 0 unspecified atom stereocenters. The average Bonchev–Trinajstić information content (AvgIpc) is 3.38. The Balaban J connectivity index is 1.57. The molecule has 2 atom stereocenters. The molecule has 5 rings (SSSR count). The smallest absolute Gasteiger partial charge is 0.352 e. The highest BCUT2D eigenvalue weighted by Crippen LogP contribution is 2.30. The van der Waals surface area contributed by atoms with Crippen molar-refractivity contribution >= 4 is 27.2 Å². The molecule has 1 aliphatic rings. The van der Waals surface area contributed by atoms with Gasteiger partial charge >= 0.3 is 5.69 Å². The summed E-state index contributed by atoms with van der Waals surface area (Å²) in [6, 6.07) is 6.72. The summed E-state index contributed by atoms with van der Waals surface area (Å²) in [5.74, 6) is 0.0130. The molecule has 10 heteroatoms. The molecule has 8 nitrogen and oxygen atoms in total. The number of fused-ring (bicyclic) bond motifs is 3. The van der Waals surface area contributed by atoms with Crippen molar-refractivity contribution in [3.8, 4) is 5.75 Å². The number of halogens is 1. The van der Waals surface area contributed by atoms with Crippen molar-refractivity contribution in [2.45, 2.75) is 39.1 Å². The molecule has 0 radical (unpaired) electrons. The largest absolute Gasteiger partial charge is 0.497 e. The number of hydrogen-bond donors (Lipinski definition) is 0. The predicted molar refractivity (Wildman–Crippen MR) is 120 cm³/mol. The van der Waals surface area contributed by atoms with Crippen LogP contribution >= 0.6 is 11.3 Å². The first-order chi connectivity index (χ1) is 15.4. The second-order valence-electron chi connectivity index (χ2n) is 8.20. The number of methoxy groups -OCH3 is 1. The van der Waals surface area contributed by atoms with Crippen LogP contribution in [0.1, 0.15) is 24.3 Å². The van der Waals surface area contributed by atoms with Crippen LogP contribution in [-0.2, 0) is 17.8 Å². The Morgan fingerprint density at radius 2 is 2.00 bits per heavy atom. The fraction of sp³-hybridized carbons (Fsp3) is 0.409. The van der Waals surface area contributed by atoms with Crippen LogP contribution in [0.2, 0.25) is 0 Å². The van der Waals surface area contributed by atoms with E-state index in [9.17, 15) is 9.18 Å². The highest BCUT2D eigenvalue weighted by Gasteiger charge is 2.24. The van der Waals surface area contributed by atoms with E-state index in [1.165, 1.54) is 35.4 Å². The van der Waals surface area contributed by atoms with E-state index in [1.54, 1.807) is 16.7 Å². The van der Waals surface area contributed by atoms with E-state index in [2.05, 4.69) is 34.9 Å². The van der Waals surface area contributed by atoms with Gasteiger partial charge in [-0.1, -0.05) is 6.07 Å². The van der Waals surface area contributed by atoms with E-state index in [0.717, 1.165) is 34.7 Å². The van der Waals surface area contributed by atoms with Crippen molar-refractivity contribution in [3.63, 3.8) is 0 Å². The van der Waals surface area contributed by atoms with Gasteiger partial charge in [-0.15, -0.1) is 11.3 Å². The Hall–Kier alpha value is -2.82. The minimum absolute atomic E-state index is 0.0898. The zero-order chi connectivity index (χ0) is 22.4. The van der Waals surface area contributed by atoms with Crippen molar-refractivity contribution in [2.24, 2.45) is 0 Å². The van der Waals surface area contributed by atoms with Crippen LogP contribution in [0, 0.1) is 5.82 Å². The van der Waals surface area contributed by atoms with Gasteiger partial charge in [-0.25, -0.2) is 14.2 Å². The minimum atomic E-state index is -0.420. The Bertz CT molecular complexity index is 1340. The quantitative estimate of drug-likeness (QED) is 0.459. The number of hydrogen-bond acceptors (Lipinski definition) is 7. The first kappa shape index (κ1) is 21.0. The maximum absolute atomic E-state index is 14.7. The molecule has 0 N–H and O–H groups in total. The van der Waals surface area contributed by atoms with Gasteiger partial charge in [0.1, 0.15) is 22.7 Å². The van der Waals surface area contributed by atoms with E-state index in [0.29, 0.717) is 17.0 Å². The van der Waals surface area contributed by atoms with Crippen LogP contribution in [-0.4, -0.2) is 56.5 Å². The third kappa shape index (κ3) is 3.78. The number of ether oxygens (including phenoxy) is 2. The first-order valence-corrected chi connectivity index (χ1v) is 11.3. The van der Waals surface area contributed by atoms with Gasteiger partial charge < -0.3 is 9.47 Å². The van der Waals surface area contributed by atoms with Crippen LogP contribution in [0.3, 0.4) is 0 Å². The first-order valence-electron chi connectivity index (χ1n) is 10.5. The Kier molecular flexibility index (Phi) is 5.44. The maximum Gasteiger partial charge on any atom is 0.352 e. The van der Waals surface area contributed by atoms with E-state index in [4.69, 9.17) is 9.47 Å². The molecule has 3 aromatic heterocycles. The maximum atomic E-state index is 14.7. The van der Waals surface area contributed by atoms with Gasteiger partial charge in [0.2, 0.25) is 0 Å². The van der Waals surface area contributed by atoms with Crippen LogP contribution in [0.25, 0.3) is 15.9 Å². The van der Waals surface area contributed by atoms with E-state index >= 15 is 0 Å². The molecule has 32 heavy (non-hydrogen) atoms. The molecule has 1 saturated heterocycles. The van der Waals surface area contributed by atoms with Crippen LogP contribution in [0.15, 0.2) is 35.4 Å². The summed E-state index contributed by atoms with van der Waals surface area (Å²) in [6.07, 6.45) is 1.72. The molecule has 1 aliphatic heterocycles. The number of benzene rings is 1. The Labute approximate surface area is 187 Å². The van der Waals surface area contributed by atoms with Crippen molar-refractivity contribution in [2.75, 3.05) is 20.2 Å². The summed E-state index contributed by atoms with van der Waals surface area (Å²) < 4.78 is 28.4. The van der Waals surface area contributed by atoms with Gasteiger partial charge in [0.15, 0.2) is 5.65 Å². The standard InChI is InChI=1S/C22H24FN5O3S/c1-13-8-26(9-14(2)31-13)11-17-7-18-20-24-12-25-28(20)22(29)27(21(18)32-17)10-15-4-5-16(30-3)6-19(15)23/h4-7,12-14H,8-11H2,1-3H3/t13-,14+. The van der Waals surface area contributed by atoms with Gasteiger partial charge in [0, 0.05) is 36.1 Å². The van der Waals surface area contributed by atoms with Gasteiger partial charge in [-0.05, 0) is 26.0 Å². The zero-order valence-electron chi connectivity index (χ0n) is 18.1. The zero-order valence-corrected chi connectivity index (χ0v) is 18.9. The Morgan fingerprint density at radius 1 is 1.22 bits per heavy atom. The second-order valence-corrected chi connectivity index (χ2v) is 9.32. The molecule has 1 fully saturated rings.